The largest absolute Gasteiger partial charge is 0.198 e. The van der Waals surface area contributed by atoms with E-state index in [0.29, 0.717) is 4.88 Å². The van der Waals surface area contributed by atoms with Crippen LogP contribution in [0.3, 0.4) is 0 Å². The van der Waals surface area contributed by atoms with Crippen molar-refractivity contribution in [3.8, 4) is 12.1 Å². The quantitative estimate of drug-likeness (QED) is 0.795. The first kappa shape index (κ1) is 12.2. The average molecular weight is 283 g/mol. The van der Waals surface area contributed by atoms with Crippen LogP contribution < -0.4 is 0 Å². The van der Waals surface area contributed by atoms with Crippen molar-refractivity contribution in [3.05, 3.63) is 21.9 Å². The number of halogens is 1. The lowest BCUT2D eigenvalue weighted by Crippen LogP contribution is -2.15. The Hall–Kier alpha value is -0.840. The minimum Gasteiger partial charge on any atom is -0.198 e. The van der Waals surface area contributed by atoms with Crippen molar-refractivity contribution in [2.24, 2.45) is 5.92 Å². The Morgan fingerprint density at radius 3 is 2.40 bits per heavy atom. The molecule has 78 valence electrons. The highest BCUT2D eigenvalue weighted by molar-refractivity contribution is 9.09. The minimum atomic E-state index is -0.0513. The zero-order chi connectivity index (χ0) is 11.4. The Morgan fingerprint density at radius 1 is 1.33 bits per heavy atom. The van der Waals surface area contributed by atoms with Crippen molar-refractivity contribution < 1.29 is 0 Å². The van der Waals surface area contributed by atoms with Gasteiger partial charge in [0.25, 0.3) is 0 Å². The third kappa shape index (κ3) is 2.81. The summed E-state index contributed by atoms with van der Waals surface area (Å²) in [5.41, 5.74) is 0. The number of alkyl halides is 1. The Morgan fingerprint density at radius 2 is 2.00 bits per heavy atom. The summed E-state index contributed by atoms with van der Waals surface area (Å²) >= 11 is 4.99. The molecule has 0 radical (unpaired) electrons. The van der Waals surface area contributed by atoms with E-state index >= 15 is 0 Å². The summed E-state index contributed by atoms with van der Waals surface area (Å²) in [6.07, 6.45) is 0. The van der Waals surface area contributed by atoms with Crippen molar-refractivity contribution in [1.82, 2.24) is 0 Å². The van der Waals surface area contributed by atoms with Gasteiger partial charge in [-0.05, 0) is 19.1 Å². The summed E-state index contributed by atoms with van der Waals surface area (Å²) < 4.78 is 0. The Labute approximate surface area is 102 Å². The van der Waals surface area contributed by atoms with Gasteiger partial charge in [-0.15, -0.1) is 11.3 Å². The fourth-order valence-electron chi connectivity index (χ4n) is 1.54. The summed E-state index contributed by atoms with van der Waals surface area (Å²) in [7, 11) is 0. The van der Waals surface area contributed by atoms with Gasteiger partial charge in [0.2, 0.25) is 0 Å². The number of nitriles is 2. The molecule has 15 heavy (non-hydrogen) atoms. The second-order valence-electron chi connectivity index (χ2n) is 3.43. The van der Waals surface area contributed by atoms with Crippen LogP contribution in [0.5, 0.6) is 0 Å². The molecule has 1 aromatic heterocycles. The molecule has 2 nitrogen and oxygen atoms in total. The molecule has 3 atom stereocenters. The summed E-state index contributed by atoms with van der Waals surface area (Å²) in [4.78, 5) is 2.04. The first-order valence-corrected chi connectivity index (χ1v) is 6.37. The lowest BCUT2D eigenvalue weighted by atomic mass is 9.91. The van der Waals surface area contributed by atoms with Gasteiger partial charge in [0.05, 0.1) is 12.0 Å². The molecule has 1 heterocycles. The zero-order valence-corrected chi connectivity index (χ0v) is 11.0. The van der Waals surface area contributed by atoms with E-state index in [1.807, 2.05) is 26.0 Å². The molecule has 0 fully saturated rings. The summed E-state index contributed by atoms with van der Waals surface area (Å²) in [6.45, 7) is 3.94. The van der Waals surface area contributed by atoms with E-state index in [9.17, 15) is 0 Å². The third-order valence-electron chi connectivity index (χ3n) is 2.30. The van der Waals surface area contributed by atoms with Gasteiger partial charge in [-0.25, -0.2) is 0 Å². The lowest BCUT2D eigenvalue weighted by molar-refractivity contribution is 0.565. The molecule has 1 aromatic rings. The summed E-state index contributed by atoms with van der Waals surface area (Å²) in [5.74, 6) is 0.103. The van der Waals surface area contributed by atoms with Crippen LogP contribution in [0.1, 0.15) is 29.5 Å². The summed E-state index contributed by atoms with van der Waals surface area (Å²) in [6, 6.07) is 8.14. The normalized spacial score (nSPS) is 16.1. The van der Waals surface area contributed by atoms with Crippen LogP contribution in [0.15, 0.2) is 12.1 Å². The van der Waals surface area contributed by atoms with Crippen LogP contribution >= 0.6 is 27.3 Å². The van der Waals surface area contributed by atoms with E-state index in [2.05, 4.69) is 28.1 Å². The molecule has 0 bridgehead atoms. The highest BCUT2D eigenvalue weighted by Gasteiger charge is 2.25. The molecule has 4 heteroatoms. The van der Waals surface area contributed by atoms with Gasteiger partial charge in [-0.3, -0.25) is 0 Å². The molecule has 0 aromatic carbocycles. The van der Waals surface area contributed by atoms with Crippen LogP contribution in [-0.4, -0.2) is 4.83 Å². The molecule has 0 aliphatic rings. The van der Waals surface area contributed by atoms with Crippen molar-refractivity contribution in [2.75, 3.05) is 0 Å². The van der Waals surface area contributed by atoms with E-state index < -0.39 is 0 Å². The van der Waals surface area contributed by atoms with Gasteiger partial charge < -0.3 is 0 Å². The minimum absolute atomic E-state index is 0.0513. The van der Waals surface area contributed by atoms with Gasteiger partial charge >= 0.3 is 0 Å². The lowest BCUT2D eigenvalue weighted by Gasteiger charge is -2.20. The van der Waals surface area contributed by atoms with Crippen molar-refractivity contribution >= 4 is 27.3 Å². The number of thiophene rings is 1. The number of hydrogen-bond donors (Lipinski definition) is 0. The predicted octanol–water partition coefficient (Wildman–Crippen LogP) is 3.65. The first-order valence-electron chi connectivity index (χ1n) is 4.63. The van der Waals surface area contributed by atoms with Crippen molar-refractivity contribution in [2.45, 2.75) is 24.6 Å². The van der Waals surface area contributed by atoms with Crippen LogP contribution in [0.4, 0.5) is 0 Å². The Balaban J connectivity index is 3.01. The second-order valence-corrected chi connectivity index (χ2v) is 5.99. The van der Waals surface area contributed by atoms with Crippen molar-refractivity contribution in [3.63, 3.8) is 0 Å². The third-order valence-corrected chi connectivity index (χ3v) is 3.96. The predicted molar refractivity (Wildman–Crippen MR) is 64.9 cm³/mol. The fourth-order valence-corrected chi connectivity index (χ4v) is 3.58. The van der Waals surface area contributed by atoms with Gasteiger partial charge in [0.15, 0.2) is 0 Å². The van der Waals surface area contributed by atoms with Gasteiger partial charge in [0.1, 0.15) is 10.9 Å². The monoisotopic (exact) mass is 282 g/mol. The van der Waals surface area contributed by atoms with E-state index in [4.69, 9.17) is 10.5 Å². The molecule has 1 rings (SSSR count). The fraction of sp³-hybridized carbons (Fsp3) is 0.455. The SMILES string of the molecule is CC(Br)[C@@H](c1ccc(C#N)s1)C(C)C#N. The van der Waals surface area contributed by atoms with E-state index in [1.165, 1.54) is 11.3 Å². The first-order chi connectivity index (χ1) is 7.10. The molecule has 0 spiro atoms. The van der Waals surface area contributed by atoms with Gasteiger partial charge in [-0.1, -0.05) is 22.9 Å². The number of hydrogen-bond acceptors (Lipinski definition) is 3. The number of nitrogens with zero attached hydrogens (tertiary/aromatic N) is 2. The van der Waals surface area contributed by atoms with Gasteiger partial charge in [0, 0.05) is 15.6 Å². The summed E-state index contributed by atoms with van der Waals surface area (Å²) in [5, 5.41) is 17.7. The smallest absolute Gasteiger partial charge is 0.110 e. The van der Waals surface area contributed by atoms with Crippen LogP contribution in [0.25, 0.3) is 0 Å². The topological polar surface area (TPSA) is 47.6 Å². The molecule has 0 saturated heterocycles. The maximum Gasteiger partial charge on any atom is 0.110 e. The Bertz CT molecular complexity index is 411. The maximum absolute atomic E-state index is 8.95. The van der Waals surface area contributed by atoms with E-state index in [1.54, 1.807) is 0 Å². The average Bonchev–Trinajstić information content (AvgIpc) is 2.65. The number of rotatable bonds is 3. The Kier molecular flexibility index (Phi) is 4.32. The van der Waals surface area contributed by atoms with Crippen LogP contribution in [0.2, 0.25) is 0 Å². The molecule has 2 unspecified atom stereocenters. The molecular weight excluding hydrogens is 272 g/mol. The molecule has 0 saturated carbocycles. The van der Waals surface area contributed by atoms with Gasteiger partial charge in [-0.2, -0.15) is 10.5 Å². The van der Waals surface area contributed by atoms with E-state index in [0.717, 1.165) is 4.88 Å². The maximum atomic E-state index is 8.95. The zero-order valence-electron chi connectivity index (χ0n) is 8.57. The molecule has 0 aliphatic heterocycles. The molecule has 0 aliphatic carbocycles. The van der Waals surface area contributed by atoms with Crippen LogP contribution in [0, 0.1) is 28.6 Å². The van der Waals surface area contributed by atoms with E-state index in [-0.39, 0.29) is 16.7 Å². The standard InChI is InChI=1S/C11H11BrN2S/c1-7(5-13)11(8(2)12)10-4-3-9(6-14)15-10/h3-4,7-8,11H,1-2H3/t7?,8?,11-/m0/s1. The van der Waals surface area contributed by atoms with Crippen molar-refractivity contribution in [1.29, 1.82) is 10.5 Å². The molecule has 0 N–H and O–H groups in total. The van der Waals surface area contributed by atoms with Crippen LogP contribution in [-0.2, 0) is 0 Å². The molecular formula is C11H11BrN2S. The second kappa shape index (κ2) is 5.30. The highest BCUT2D eigenvalue weighted by atomic mass is 79.9. The molecule has 0 amide bonds. The highest BCUT2D eigenvalue weighted by Crippen LogP contribution is 2.35.